The Kier molecular flexibility index (Phi) is 3.83. The fraction of sp³-hybridized carbons (Fsp3) is 0.333. The summed E-state index contributed by atoms with van der Waals surface area (Å²) in [5, 5.41) is 2.68. The lowest BCUT2D eigenvalue weighted by molar-refractivity contribution is -0.123. The first-order valence-corrected chi connectivity index (χ1v) is 5.53. The summed E-state index contributed by atoms with van der Waals surface area (Å²) in [6.07, 6.45) is 0. The minimum atomic E-state index is -0.516. The highest BCUT2D eigenvalue weighted by Crippen LogP contribution is 2.19. The number of rotatable bonds is 2. The molecule has 1 rings (SSSR count). The van der Waals surface area contributed by atoms with Gasteiger partial charge in [-0.1, -0.05) is 33.0 Å². The van der Waals surface area contributed by atoms with Crippen LogP contribution in [-0.2, 0) is 4.79 Å². The van der Waals surface area contributed by atoms with E-state index in [-0.39, 0.29) is 16.5 Å². The Hall–Kier alpha value is -1.49. The van der Waals surface area contributed by atoms with Crippen molar-refractivity contribution in [3.8, 4) is 0 Å². The van der Waals surface area contributed by atoms with Crippen LogP contribution in [0.25, 0.3) is 0 Å². The molecule has 0 aliphatic carbocycles. The lowest BCUT2D eigenvalue weighted by Gasteiger charge is -2.18. The predicted octanol–water partition coefficient (Wildman–Crippen LogP) is 2.44. The molecule has 0 spiro atoms. The molecule has 0 unspecified atom stereocenters. The van der Waals surface area contributed by atoms with Crippen LogP contribution < -0.4 is 11.1 Å². The fourth-order valence-corrected chi connectivity index (χ4v) is 1.27. The van der Waals surface area contributed by atoms with Gasteiger partial charge < -0.3 is 11.1 Å². The van der Waals surface area contributed by atoms with Gasteiger partial charge in [0.1, 0.15) is 10.8 Å². The summed E-state index contributed by atoms with van der Waals surface area (Å²) < 4.78 is 13.3. The van der Waals surface area contributed by atoms with E-state index in [9.17, 15) is 9.18 Å². The average molecular weight is 254 g/mol. The molecule has 0 fully saturated rings. The van der Waals surface area contributed by atoms with Gasteiger partial charge in [-0.15, -0.1) is 0 Å². The third-order valence-corrected chi connectivity index (χ3v) is 2.39. The lowest BCUT2D eigenvalue weighted by Crippen LogP contribution is -2.27. The highest BCUT2D eigenvalue weighted by molar-refractivity contribution is 7.80. The lowest BCUT2D eigenvalue weighted by atomic mass is 9.95. The second-order valence-electron chi connectivity index (χ2n) is 4.76. The third-order valence-electron chi connectivity index (χ3n) is 2.17. The van der Waals surface area contributed by atoms with E-state index in [4.69, 9.17) is 18.0 Å². The van der Waals surface area contributed by atoms with Gasteiger partial charge in [0, 0.05) is 16.7 Å². The molecule has 92 valence electrons. The monoisotopic (exact) mass is 254 g/mol. The summed E-state index contributed by atoms with van der Waals surface area (Å²) in [5.41, 5.74) is 5.47. The molecule has 3 nitrogen and oxygen atoms in total. The molecular formula is C12H15FN2OS. The number of nitrogens with one attached hydrogen (secondary N) is 1. The Balaban J connectivity index is 2.98. The molecule has 17 heavy (non-hydrogen) atoms. The van der Waals surface area contributed by atoms with Gasteiger partial charge in [0.2, 0.25) is 5.91 Å². The van der Waals surface area contributed by atoms with Crippen LogP contribution in [0.2, 0.25) is 0 Å². The Bertz CT molecular complexity index is 466. The molecule has 0 aliphatic heterocycles. The second kappa shape index (κ2) is 4.79. The predicted molar refractivity (Wildman–Crippen MR) is 70.4 cm³/mol. The van der Waals surface area contributed by atoms with Crippen LogP contribution in [0.5, 0.6) is 0 Å². The van der Waals surface area contributed by atoms with E-state index in [1.165, 1.54) is 18.2 Å². The van der Waals surface area contributed by atoms with Crippen molar-refractivity contribution in [3.05, 3.63) is 29.6 Å². The number of hydrogen-bond acceptors (Lipinski definition) is 2. The number of hydrogen-bond donors (Lipinski definition) is 2. The molecule has 0 aromatic heterocycles. The van der Waals surface area contributed by atoms with E-state index in [1.54, 1.807) is 20.8 Å². The number of thiocarbonyl (C=S) groups is 1. The third kappa shape index (κ3) is 3.49. The van der Waals surface area contributed by atoms with E-state index in [2.05, 4.69) is 5.32 Å². The maximum atomic E-state index is 13.3. The first-order valence-electron chi connectivity index (χ1n) is 5.12. The van der Waals surface area contributed by atoms with Crippen LogP contribution in [0.3, 0.4) is 0 Å². The number of halogens is 1. The zero-order chi connectivity index (χ0) is 13.2. The van der Waals surface area contributed by atoms with E-state index in [0.717, 1.165) is 0 Å². The quantitative estimate of drug-likeness (QED) is 0.797. The van der Waals surface area contributed by atoms with Gasteiger partial charge >= 0.3 is 0 Å². The van der Waals surface area contributed by atoms with Crippen molar-refractivity contribution >= 4 is 28.8 Å². The molecule has 0 radical (unpaired) electrons. The topological polar surface area (TPSA) is 55.1 Å². The van der Waals surface area contributed by atoms with Crippen molar-refractivity contribution in [1.82, 2.24) is 0 Å². The largest absolute Gasteiger partial charge is 0.389 e. The van der Waals surface area contributed by atoms with Gasteiger partial charge in [0.15, 0.2) is 0 Å². The fourth-order valence-electron chi connectivity index (χ4n) is 1.11. The standard InChI is InChI=1S/C12H15FN2OS/c1-12(2,3)11(16)15-7-4-5-9(13)8(6-7)10(14)17/h4-6H,1-3H3,(H2,14,17)(H,15,16). The Labute approximate surface area is 105 Å². The SMILES string of the molecule is CC(C)(C)C(=O)Nc1ccc(F)c(C(N)=S)c1. The molecule has 0 aliphatic rings. The molecular weight excluding hydrogens is 239 g/mol. The summed E-state index contributed by atoms with van der Waals surface area (Å²) in [7, 11) is 0. The molecule has 1 aromatic rings. The van der Waals surface area contributed by atoms with Crippen molar-refractivity contribution in [1.29, 1.82) is 0 Å². The minimum absolute atomic E-state index is 0.0330. The Morgan fingerprint density at radius 3 is 2.47 bits per heavy atom. The number of amides is 1. The Morgan fingerprint density at radius 1 is 1.41 bits per heavy atom. The van der Waals surface area contributed by atoms with Crippen LogP contribution in [0.1, 0.15) is 26.3 Å². The van der Waals surface area contributed by atoms with Crippen molar-refractivity contribution < 1.29 is 9.18 Å². The maximum absolute atomic E-state index is 13.3. The highest BCUT2D eigenvalue weighted by Gasteiger charge is 2.21. The van der Waals surface area contributed by atoms with E-state index in [1.807, 2.05) is 0 Å². The minimum Gasteiger partial charge on any atom is -0.389 e. The van der Waals surface area contributed by atoms with Gasteiger partial charge in [-0.2, -0.15) is 0 Å². The molecule has 1 amide bonds. The van der Waals surface area contributed by atoms with Crippen LogP contribution >= 0.6 is 12.2 Å². The number of anilines is 1. The Morgan fingerprint density at radius 2 is 2.00 bits per heavy atom. The summed E-state index contributed by atoms with van der Waals surface area (Å²) >= 11 is 4.72. The summed E-state index contributed by atoms with van der Waals surface area (Å²) in [6.45, 7) is 5.38. The van der Waals surface area contributed by atoms with E-state index in [0.29, 0.717) is 5.69 Å². The number of nitrogens with two attached hydrogens (primary N) is 1. The molecule has 0 bridgehead atoms. The molecule has 0 saturated heterocycles. The molecule has 0 heterocycles. The number of carbonyl (C=O) groups excluding carboxylic acids is 1. The van der Waals surface area contributed by atoms with Crippen molar-refractivity contribution in [2.24, 2.45) is 11.1 Å². The van der Waals surface area contributed by atoms with Gasteiger partial charge in [-0.05, 0) is 18.2 Å². The van der Waals surface area contributed by atoms with Crippen molar-refractivity contribution in [3.63, 3.8) is 0 Å². The van der Waals surface area contributed by atoms with Gasteiger partial charge in [-0.25, -0.2) is 4.39 Å². The smallest absolute Gasteiger partial charge is 0.229 e. The first kappa shape index (κ1) is 13.6. The van der Waals surface area contributed by atoms with Gasteiger partial charge in [-0.3, -0.25) is 4.79 Å². The van der Waals surface area contributed by atoms with Gasteiger partial charge in [0.25, 0.3) is 0 Å². The van der Waals surface area contributed by atoms with E-state index >= 15 is 0 Å². The molecule has 1 aromatic carbocycles. The average Bonchev–Trinajstić information content (AvgIpc) is 2.19. The number of benzene rings is 1. The van der Waals surface area contributed by atoms with Crippen molar-refractivity contribution in [2.75, 3.05) is 5.32 Å². The number of carbonyl (C=O) groups is 1. The molecule has 5 heteroatoms. The zero-order valence-electron chi connectivity index (χ0n) is 10.0. The zero-order valence-corrected chi connectivity index (χ0v) is 10.8. The van der Waals surface area contributed by atoms with Crippen LogP contribution in [0.4, 0.5) is 10.1 Å². The summed E-state index contributed by atoms with van der Waals surface area (Å²) in [4.78, 5) is 11.7. The maximum Gasteiger partial charge on any atom is 0.229 e. The van der Waals surface area contributed by atoms with Crippen LogP contribution in [0, 0.1) is 11.2 Å². The first-order chi connectivity index (χ1) is 7.71. The molecule has 3 N–H and O–H groups in total. The summed E-state index contributed by atoms with van der Waals surface area (Å²) in [5.74, 6) is -0.649. The van der Waals surface area contributed by atoms with Crippen molar-refractivity contribution in [2.45, 2.75) is 20.8 Å². The van der Waals surface area contributed by atoms with E-state index < -0.39 is 11.2 Å². The molecule has 0 atom stereocenters. The second-order valence-corrected chi connectivity index (χ2v) is 5.20. The van der Waals surface area contributed by atoms with Crippen LogP contribution in [0.15, 0.2) is 18.2 Å². The van der Waals surface area contributed by atoms with Gasteiger partial charge in [0.05, 0.1) is 0 Å². The summed E-state index contributed by atoms with van der Waals surface area (Å²) in [6, 6.07) is 4.13. The van der Waals surface area contributed by atoms with Crippen LogP contribution in [-0.4, -0.2) is 10.9 Å². The normalized spacial score (nSPS) is 11.1. The highest BCUT2D eigenvalue weighted by atomic mass is 32.1. The molecule has 0 saturated carbocycles.